The summed E-state index contributed by atoms with van der Waals surface area (Å²) in [6.45, 7) is 4.10. The first-order valence-electron chi connectivity index (χ1n) is 8.63. The molecule has 29 heavy (non-hydrogen) atoms. The number of halogens is 3. The van der Waals surface area contributed by atoms with Crippen molar-refractivity contribution < 1.29 is 9.26 Å². The maximum atomic E-state index is 6.20. The van der Waals surface area contributed by atoms with Crippen molar-refractivity contribution in [2.45, 2.75) is 20.6 Å². The predicted octanol–water partition coefficient (Wildman–Crippen LogP) is 6.21. The van der Waals surface area contributed by atoms with Crippen LogP contribution in [0.2, 0.25) is 15.1 Å². The Kier molecular flexibility index (Phi) is 5.50. The topological polar surface area (TPSA) is 66.0 Å². The van der Waals surface area contributed by atoms with E-state index < -0.39 is 0 Å². The zero-order valence-electron chi connectivity index (χ0n) is 15.5. The van der Waals surface area contributed by atoms with Gasteiger partial charge in [-0.3, -0.25) is 0 Å². The number of aryl methyl sites for hydroxylation is 2. The molecule has 9 heteroatoms. The van der Waals surface area contributed by atoms with Crippen molar-refractivity contribution >= 4 is 34.8 Å². The van der Waals surface area contributed by atoms with Gasteiger partial charge < -0.3 is 9.26 Å². The van der Waals surface area contributed by atoms with Crippen molar-refractivity contribution in [3.63, 3.8) is 0 Å². The molecule has 2 aromatic carbocycles. The van der Waals surface area contributed by atoms with Gasteiger partial charge in [-0.25, -0.2) is 4.68 Å². The SMILES string of the molecule is Cc1cc(OCn2ccc(-c3nc(-c4ccc(Cl)cc4Cl)no3)n2)cc(C)c1Cl. The second-order valence-electron chi connectivity index (χ2n) is 6.43. The highest BCUT2D eigenvalue weighted by atomic mass is 35.5. The lowest BCUT2D eigenvalue weighted by atomic mass is 10.1. The van der Waals surface area contributed by atoms with Gasteiger partial charge in [0.2, 0.25) is 5.82 Å². The molecule has 4 aromatic rings. The Balaban J connectivity index is 1.49. The Morgan fingerprint density at radius 1 is 1.03 bits per heavy atom. The van der Waals surface area contributed by atoms with E-state index >= 15 is 0 Å². The summed E-state index contributed by atoms with van der Waals surface area (Å²) in [7, 11) is 0. The van der Waals surface area contributed by atoms with Crippen LogP contribution in [0.3, 0.4) is 0 Å². The fraction of sp³-hybridized carbons (Fsp3) is 0.150. The van der Waals surface area contributed by atoms with Gasteiger partial charge in [0.15, 0.2) is 12.4 Å². The molecule has 0 unspecified atom stereocenters. The molecule has 0 bridgehead atoms. The van der Waals surface area contributed by atoms with E-state index in [2.05, 4.69) is 15.2 Å². The molecule has 0 atom stereocenters. The molecule has 0 N–H and O–H groups in total. The quantitative estimate of drug-likeness (QED) is 0.362. The largest absolute Gasteiger partial charge is 0.471 e. The number of benzene rings is 2. The molecule has 2 aromatic heterocycles. The molecule has 6 nitrogen and oxygen atoms in total. The summed E-state index contributed by atoms with van der Waals surface area (Å²) in [5, 5.41) is 10.1. The minimum absolute atomic E-state index is 0.227. The molecule has 148 valence electrons. The Bertz CT molecular complexity index is 1160. The number of hydrogen-bond acceptors (Lipinski definition) is 5. The van der Waals surface area contributed by atoms with E-state index in [9.17, 15) is 0 Å². The molecule has 4 rings (SSSR count). The van der Waals surface area contributed by atoms with Crippen molar-refractivity contribution in [1.82, 2.24) is 19.9 Å². The summed E-state index contributed by atoms with van der Waals surface area (Å²) in [4.78, 5) is 4.37. The second-order valence-corrected chi connectivity index (χ2v) is 7.65. The second kappa shape index (κ2) is 8.06. The van der Waals surface area contributed by atoms with Crippen LogP contribution in [-0.4, -0.2) is 19.9 Å². The molecular formula is C20H15Cl3N4O2. The third-order valence-electron chi connectivity index (χ3n) is 4.23. The normalized spacial score (nSPS) is 11.1. The number of aromatic nitrogens is 4. The Morgan fingerprint density at radius 2 is 1.79 bits per heavy atom. The van der Waals surface area contributed by atoms with Gasteiger partial charge in [-0.1, -0.05) is 40.0 Å². The monoisotopic (exact) mass is 448 g/mol. The summed E-state index contributed by atoms with van der Waals surface area (Å²) < 4.78 is 12.8. The Labute approximate surface area is 182 Å². The summed E-state index contributed by atoms with van der Waals surface area (Å²) in [5.74, 6) is 1.36. The van der Waals surface area contributed by atoms with E-state index in [-0.39, 0.29) is 12.6 Å². The Morgan fingerprint density at radius 3 is 2.52 bits per heavy atom. The van der Waals surface area contributed by atoms with Gasteiger partial charge in [0.25, 0.3) is 5.89 Å². The molecule has 0 radical (unpaired) electrons. The first-order chi connectivity index (χ1) is 13.9. The van der Waals surface area contributed by atoms with Crippen molar-refractivity contribution in [2.75, 3.05) is 0 Å². The van der Waals surface area contributed by atoms with Gasteiger partial charge in [0.1, 0.15) is 5.75 Å². The van der Waals surface area contributed by atoms with Crippen LogP contribution in [0.25, 0.3) is 23.0 Å². The Hall–Kier alpha value is -2.54. The maximum Gasteiger partial charge on any atom is 0.278 e. The zero-order valence-corrected chi connectivity index (χ0v) is 17.8. The first kappa shape index (κ1) is 19.8. The average molecular weight is 450 g/mol. The average Bonchev–Trinajstić information content (AvgIpc) is 3.33. The van der Waals surface area contributed by atoms with Gasteiger partial charge in [0, 0.05) is 21.8 Å². The number of nitrogens with zero attached hydrogens (tertiary/aromatic N) is 4. The molecule has 0 aliphatic rings. The smallest absolute Gasteiger partial charge is 0.278 e. The van der Waals surface area contributed by atoms with Gasteiger partial charge in [0.05, 0.1) is 5.02 Å². The summed E-state index contributed by atoms with van der Waals surface area (Å²) in [6, 6.07) is 10.6. The molecule has 0 saturated heterocycles. The lowest BCUT2D eigenvalue weighted by Gasteiger charge is -2.09. The first-order valence-corrected chi connectivity index (χ1v) is 9.76. The minimum Gasteiger partial charge on any atom is -0.471 e. The van der Waals surface area contributed by atoms with E-state index in [4.69, 9.17) is 44.1 Å². The van der Waals surface area contributed by atoms with Crippen molar-refractivity contribution in [1.29, 1.82) is 0 Å². The van der Waals surface area contributed by atoms with Gasteiger partial charge >= 0.3 is 0 Å². The van der Waals surface area contributed by atoms with Crippen molar-refractivity contribution in [3.05, 3.63) is 68.8 Å². The lowest BCUT2D eigenvalue weighted by molar-refractivity contribution is 0.221. The number of ether oxygens (including phenoxy) is 1. The van der Waals surface area contributed by atoms with Crippen LogP contribution >= 0.6 is 34.8 Å². The van der Waals surface area contributed by atoms with E-state index in [0.29, 0.717) is 27.1 Å². The summed E-state index contributed by atoms with van der Waals surface area (Å²) in [6.07, 6.45) is 1.77. The number of rotatable bonds is 5. The van der Waals surface area contributed by atoms with Crippen LogP contribution in [0.1, 0.15) is 11.1 Å². The van der Waals surface area contributed by atoms with Gasteiger partial charge in [-0.2, -0.15) is 10.1 Å². The third-order valence-corrected chi connectivity index (χ3v) is 5.38. The fourth-order valence-corrected chi connectivity index (χ4v) is 3.39. The van der Waals surface area contributed by atoms with Gasteiger partial charge in [-0.15, -0.1) is 0 Å². The highest BCUT2D eigenvalue weighted by Gasteiger charge is 2.15. The minimum atomic E-state index is 0.227. The van der Waals surface area contributed by atoms with Crippen LogP contribution < -0.4 is 4.74 Å². The van der Waals surface area contributed by atoms with Crippen molar-refractivity contribution in [3.8, 4) is 28.7 Å². The molecule has 0 saturated carbocycles. The highest BCUT2D eigenvalue weighted by molar-refractivity contribution is 6.36. The fourth-order valence-electron chi connectivity index (χ4n) is 2.79. The maximum absolute atomic E-state index is 6.20. The third kappa shape index (κ3) is 4.24. The van der Waals surface area contributed by atoms with Crippen LogP contribution in [0.15, 0.2) is 47.1 Å². The van der Waals surface area contributed by atoms with E-state index in [0.717, 1.165) is 21.9 Å². The summed E-state index contributed by atoms with van der Waals surface area (Å²) >= 11 is 18.3. The standard InChI is InChI=1S/C20H15Cl3N4O2/c1-11-7-14(8-12(2)18(11)23)28-10-27-6-5-17(25-27)20-24-19(26-29-20)15-4-3-13(21)9-16(15)22/h3-9H,10H2,1-2H3. The lowest BCUT2D eigenvalue weighted by Crippen LogP contribution is -2.06. The van der Waals surface area contributed by atoms with Crippen LogP contribution in [0, 0.1) is 13.8 Å². The molecular weight excluding hydrogens is 435 g/mol. The summed E-state index contributed by atoms with van der Waals surface area (Å²) in [5.41, 5.74) is 3.08. The van der Waals surface area contributed by atoms with Crippen LogP contribution in [0.5, 0.6) is 5.75 Å². The molecule has 0 amide bonds. The molecule has 0 aliphatic carbocycles. The van der Waals surface area contributed by atoms with Crippen molar-refractivity contribution in [2.24, 2.45) is 0 Å². The van der Waals surface area contributed by atoms with E-state index in [1.54, 1.807) is 35.1 Å². The zero-order chi connectivity index (χ0) is 20.5. The predicted molar refractivity (Wildman–Crippen MR) is 113 cm³/mol. The molecule has 0 spiro atoms. The highest BCUT2D eigenvalue weighted by Crippen LogP contribution is 2.30. The molecule has 0 aliphatic heterocycles. The molecule has 0 fully saturated rings. The number of hydrogen-bond donors (Lipinski definition) is 0. The molecule has 2 heterocycles. The van der Waals surface area contributed by atoms with E-state index in [1.165, 1.54) is 0 Å². The van der Waals surface area contributed by atoms with Gasteiger partial charge in [-0.05, 0) is 61.4 Å². The van der Waals surface area contributed by atoms with E-state index in [1.807, 2.05) is 26.0 Å². The van der Waals surface area contributed by atoms with Crippen LogP contribution in [-0.2, 0) is 6.73 Å². The van der Waals surface area contributed by atoms with Crippen LogP contribution in [0.4, 0.5) is 0 Å².